The summed E-state index contributed by atoms with van der Waals surface area (Å²) in [6, 6.07) is 12.8. The minimum atomic E-state index is -0.277. The van der Waals surface area contributed by atoms with Crippen LogP contribution in [0, 0.1) is 5.82 Å². The third-order valence-corrected chi connectivity index (χ3v) is 3.95. The lowest BCUT2D eigenvalue weighted by atomic mass is 10.2. The van der Waals surface area contributed by atoms with Crippen LogP contribution in [0.1, 0.15) is 11.1 Å². The van der Waals surface area contributed by atoms with Crippen molar-refractivity contribution in [1.82, 2.24) is 10.6 Å². The topological polar surface area (TPSA) is 45.7 Å². The lowest BCUT2D eigenvalue weighted by Crippen LogP contribution is -2.36. The molecule has 2 aromatic rings. The predicted octanol–water partition coefficient (Wildman–Crippen LogP) is 4.08. The fourth-order valence-corrected chi connectivity index (χ4v) is 2.33. The Morgan fingerprint density at radius 3 is 2.54 bits per heavy atom. The van der Waals surface area contributed by atoms with E-state index in [4.69, 9.17) is 4.74 Å². The molecule has 0 fully saturated rings. The van der Waals surface area contributed by atoms with E-state index in [9.17, 15) is 4.39 Å². The van der Waals surface area contributed by atoms with Crippen molar-refractivity contribution in [1.29, 1.82) is 0 Å². The molecule has 24 heavy (non-hydrogen) atoms. The highest BCUT2D eigenvalue weighted by Gasteiger charge is 2.05. The lowest BCUT2D eigenvalue weighted by Gasteiger charge is -2.14. The Labute approximate surface area is 167 Å². The van der Waals surface area contributed by atoms with Gasteiger partial charge in [0.25, 0.3) is 0 Å². The average Bonchev–Trinajstić information content (AvgIpc) is 2.58. The van der Waals surface area contributed by atoms with Crippen molar-refractivity contribution in [2.75, 3.05) is 14.2 Å². The molecular weight excluding hydrogens is 488 g/mol. The number of nitrogens with zero attached hydrogens (tertiary/aromatic N) is 1. The third kappa shape index (κ3) is 5.94. The predicted molar refractivity (Wildman–Crippen MR) is 110 cm³/mol. The molecule has 130 valence electrons. The molecule has 2 rings (SSSR count). The molecule has 0 heterocycles. The molecule has 4 nitrogen and oxygen atoms in total. The maximum atomic E-state index is 13.5. The van der Waals surface area contributed by atoms with Crippen LogP contribution in [-0.2, 0) is 13.1 Å². The number of para-hydroxylation sites is 1. The summed E-state index contributed by atoms with van der Waals surface area (Å²) in [5, 5.41) is 6.37. The number of guanidine groups is 1. The van der Waals surface area contributed by atoms with Crippen LogP contribution in [0.25, 0.3) is 0 Å². The van der Waals surface area contributed by atoms with Gasteiger partial charge in [0.05, 0.1) is 11.6 Å². The zero-order valence-electron chi connectivity index (χ0n) is 13.5. The highest BCUT2D eigenvalue weighted by molar-refractivity contribution is 14.0. The summed E-state index contributed by atoms with van der Waals surface area (Å²) in [5.74, 6) is 1.19. The second kappa shape index (κ2) is 10.5. The molecule has 0 radical (unpaired) electrons. The van der Waals surface area contributed by atoms with Gasteiger partial charge in [-0.1, -0.05) is 24.3 Å². The van der Waals surface area contributed by atoms with Gasteiger partial charge in [-0.05, 0) is 39.7 Å². The molecule has 0 saturated heterocycles. The summed E-state index contributed by atoms with van der Waals surface area (Å²) in [7, 11) is 3.34. The van der Waals surface area contributed by atoms with Gasteiger partial charge in [0.2, 0.25) is 0 Å². The maximum absolute atomic E-state index is 13.5. The summed E-state index contributed by atoms with van der Waals surface area (Å²) in [5.41, 5.74) is 1.87. The highest BCUT2D eigenvalue weighted by Crippen LogP contribution is 2.17. The molecule has 0 spiro atoms. The number of nitrogens with one attached hydrogen (secondary N) is 2. The molecule has 0 aromatic heterocycles. The first-order valence-corrected chi connectivity index (χ1v) is 7.93. The number of ether oxygens (including phenoxy) is 1. The Kier molecular flexibility index (Phi) is 9.05. The smallest absolute Gasteiger partial charge is 0.191 e. The van der Waals surface area contributed by atoms with Gasteiger partial charge in [-0.2, -0.15) is 0 Å². The molecule has 0 aliphatic carbocycles. The van der Waals surface area contributed by atoms with Crippen LogP contribution in [0.4, 0.5) is 4.39 Å². The first kappa shape index (κ1) is 20.7. The van der Waals surface area contributed by atoms with E-state index in [0.29, 0.717) is 23.5 Å². The number of benzene rings is 2. The molecule has 0 saturated carbocycles. The first-order valence-electron chi connectivity index (χ1n) is 7.14. The largest absolute Gasteiger partial charge is 0.496 e. The van der Waals surface area contributed by atoms with E-state index in [1.807, 2.05) is 30.3 Å². The number of hydrogen-bond donors (Lipinski definition) is 2. The molecule has 0 aliphatic rings. The average molecular weight is 508 g/mol. The summed E-state index contributed by atoms with van der Waals surface area (Å²) in [6.45, 7) is 1.06. The van der Waals surface area contributed by atoms with Crippen molar-refractivity contribution in [3.05, 3.63) is 63.9 Å². The van der Waals surface area contributed by atoms with Crippen LogP contribution in [-0.4, -0.2) is 20.1 Å². The number of rotatable bonds is 5. The van der Waals surface area contributed by atoms with E-state index in [1.54, 1.807) is 20.2 Å². The fraction of sp³-hybridized carbons (Fsp3) is 0.235. The van der Waals surface area contributed by atoms with Crippen LogP contribution in [0.2, 0.25) is 0 Å². The molecule has 0 aliphatic heterocycles. The van der Waals surface area contributed by atoms with Crippen LogP contribution in [0.15, 0.2) is 51.9 Å². The normalized spacial score (nSPS) is 10.8. The number of halogens is 3. The zero-order valence-corrected chi connectivity index (χ0v) is 17.4. The Morgan fingerprint density at radius 2 is 1.88 bits per heavy atom. The Bertz CT molecular complexity index is 697. The second-order valence-electron chi connectivity index (χ2n) is 4.84. The van der Waals surface area contributed by atoms with Crippen LogP contribution < -0.4 is 15.4 Å². The third-order valence-electron chi connectivity index (χ3n) is 3.31. The standard InChI is InChI=1S/C17H19BrFN3O.HI/c1-20-17(21-10-12-7-8-14(18)15(19)9-12)22-11-13-5-3-4-6-16(13)23-2;/h3-9H,10-11H2,1-2H3,(H2,20,21,22);1H. The van der Waals surface area contributed by atoms with Crippen molar-refractivity contribution in [3.63, 3.8) is 0 Å². The van der Waals surface area contributed by atoms with Crippen molar-refractivity contribution in [3.8, 4) is 5.75 Å². The van der Waals surface area contributed by atoms with Crippen molar-refractivity contribution in [2.24, 2.45) is 4.99 Å². The molecular formula is C17H20BrFIN3O. The van der Waals surface area contributed by atoms with Gasteiger partial charge in [0.15, 0.2) is 5.96 Å². The van der Waals surface area contributed by atoms with Gasteiger partial charge < -0.3 is 15.4 Å². The van der Waals surface area contributed by atoms with Gasteiger partial charge in [0, 0.05) is 25.7 Å². The number of aliphatic imine (C=N–C) groups is 1. The summed E-state index contributed by atoms with van der Waals surface area (Å²) in [6.07, 6.45) is 0. The van der Waals surface area contributed by atoms with E-state index in [0.717, 1.165) is 16.9 Å². The molecule has 7 heteroatoms. The molecule has 0 unspecified atom stereocenters. The van der Waals surface area contributed by atoms with E-state index in [-0.39, 0.29) is 29.8 Å². The molecule has 0 atom stereocenters. The van der Waals surface area contributed by atoms with Gasteiger partial charge >= 0.3 is 0 Å². The summed E-state index contributed by atoms with van der Waals surface area (Å²) in [4.78, 5) is 4.16. The minimum absolute atomic E-state index is 0. The van der Waals surface area contributed by atoms with E-state index in [2.05, 4.69) is 31.6 Å². The SMILES string of the molecule is CN=C(NCc1ccc(Br)c(F)c1)NCc1ccccc1OC.I. The number of hydrogen-bond acceptors (Lipinski definition) is 2. The van der Waals surface area contributed by atoms with E-state index in [1.165, 1.54) is 6.07 Å². The Hall–Kier alpha value is -1.35. The summed E-state index contributed by atoms with van der Waals surface area (Å²) < 4.78 is 19.3. The van der Waals surface area contributed by atoms with Crippen molar-refractivity contribution in [2.45, 2.75) is 13.1 Å². The molecule has 2 N–H and O–H groups in total. The monoisotopic (exact) mass is 507 g/mol. The van der Waals surface area contributed by atoms with E-state index >= 15 is 0 Å². The van der Waals surface area contributed by atoms with Crippen molar-refractivity contribution < 1.29 is 9.13 Å². The van der Waals surface area contributed by atoms with Crippen LogP contribution >= 0.6 is 39.9 Å². The maximum Gasteiger partial charge on any atom is 0.191 e. The quantitative estimate of drug-likeness (QED) is 0.364. The van der Waals surface area contributed by atoms with Crippen LogP contribution in [0.5, 0.6) is 5.75 Å². The fourth-order valence-electron chi connectivity index (χ4n) is 2.08. The lowest BCUT2D eigenvalue weighted by molar-refractivity contribution is 0.409. The zero-order chi connectivity index (χ0) is 16.7. The van der Waals surface area contributed by atoms with Crippen LogP contribution in [0.3, 0.4) is 0 Å². The van der Waals surface area contributed by atoms with Crippen molar-refractivity contribution >= 4 is 45.9 Å². The second-order valence-corrected chi connectivity index (χ2v) is 5.69. The van der Waals surface area contributed by atoms with Gasteiger partial charge in [-0.3, -0.25) is 4.99 Å². The Balaban J connectivity index is 0.00000288. The minimum Gasteiger partial charge on any atom is -0.496 e. The molecule has 2 aromatic carbocycles. The first-order chi connectivity index (χ1) is 11.1. The Morgan fingerprint density at radius 1 is 1.17 bits per heavy atom. The van der Waals surface area contributed by atoms with Gasteiger partial charge in [0.1, 0.15) is 11.6 Å². The van der Waals surface area contributed by atoms with Gasteiger partial charge in [-0.15, -0.1) is 24.0 Å². The molecule has 0 amide bonds. The molecule has 0 bridgehead atoms. The van der Waals surface area contributed by atoms with Gasteiger partial charge in [-0.25, -0.2) is 4.39 Å². The summed E-state index contributed by atoms with van der Waals surface area (Å²) >= 11 is 3.14. The highest BCUT2D eigenvalue weighted by atomic mass is 127. The number of methoxy groups -OCH3 is 1. The van der Waals surface area contributed by atoms with E-state index < -0.39 is 0 Å².